The molecular weight excluding hydrogens is 329 g/mol. The molecule has 1 aromatic carbocycles. The van der Waals surface area contributed by atoms with Gasteiger partial charge in [-0.1, -0.05) is 18.2 Å². The van der Waals surface area contributed by atoms with Gasteiger partial charge < -0.3 is 10.6 Å². The Hall–Kier alpha value is -3.14. The summed E-state index contributed by atoms with van der Waals surface area (Å²) < 4.78 is 14.7. The van der Waals surface area contributed by atoms with Crippen LogP contribution in [0.15, 0.2) is 47.7 Å². The van der Waals surface area contributed by atoms with E-state index in [0.717, 1.165) is 6.54 Å². The lowest BCUT2D eigenvalue weighted by atomic mass is 9.56. The Balaban J connectivity index is 2.33. The third kappa shape index (κ3) is 2.37. The van der Waals surface area contributed by atoms with Crippen molar-refractivity contribution in [3.8, 4) is 18.2 Å². The number of allylic oxidation sites excluding steroid dienone is 1. The summed E-state index contributed by atoms with van der Waals surface area (Å²) in [4.78, 5) is 2.02. The van der Waals surface area contributed by atoms with Crippen molar-refractivity contribution < 1.29 is 4.39 Å². The molecule has 2 N–H and O–H groups in total. The topological polar surface area (TPSA) is 101 Å². The minimum atomic E-state index is -1.72. The smallest absolute Gasteiger partial charge is 0.171 e. The highest BCUT2D eigenvalue weighted by Gasteiger charge is 2.56. The molecule has 6 heteroatoms. The lowest BCUT2D eigenvalue weighted by Crippen LogP contribution is -2.54. The number of nitriles is 3. The van der Waals surface area contributed by atoms with E-state index in [9.17, 15) is 20.2 Å². The molecule has 5 nitrogen and oxygen atoms in total. The van der Waals surface area contributed by atoms with Gasteiger partial charge in [-0.2, -0.15) is 15.8 Å². The summed E-state index contributed by atoms with van der Waals surface area (Å²) >= 11 is 0. The van der Waals surface area contributed by atoms with Crippen LogP contribution in [0, 0.1) is 51.1 Å². The Labute approximate surface area is 152 Å². The molecule has 0 saturated carbocycles. The molecule has 2 aliphatic rings. The number of nitrogens with two attached hydrogens (primary N) is 1. The van der Waals surface area contributed by atoms with Crippen molar-refractivity contribution in [3.05, 3.63) is 59.1 Å². The quantitative estimate of drug-likeness (QED) is 0.886. The van der Waals surface area contributed by atoms with Crippen LogP contribution in [0.5, 0.6) is 0 Å². The van der Waals surface area contributed by atoms with Crippen LogP contribution in [0.3, 0.4) is 0 Å². The second-order valence-corrected chi connectivity index (χ2v) is 6.56. The molecule has 1 heterocycles. The van der Waals surface area contributed by atoms with Crippen molar-refractivity contribution in [2.75, 3.05) is 13.1 Å². The molecule has 1 aromatic rings. The summed E-state index contributed by atoms with van der Waals surface area (Å²) in [5, 5.41) is 29.5. The number of rotatable bonds is 2. The first-order chi connectivity index (χ1) is 12.5. The van der Waals surface area contributed by atoms with Gasteiger partial charge in [0.25, 0.3) is 0 Å². The third-order valence-electron chi connectivity index (χ3n) is 5.44. The van der Waals surface area contributed by atoms with Gasteiger partial charge in [-0.05, 0) is 36.4 Å². The molecule has 3 atom stereocenters. The lowest BCUT2D eigenvalue weighted by molar-refractivity contribution is 0.215. The Bertz CT molecular complexity index is 897. The molecule has 0 bridgehead atoms. The molecule has 0 aromatic heterocycles. The maximum Gasteiger partial charge on any atom is 0.171 e. The highest BCUT2D eigenvalue weighted by Crippen LogP contribution is 2.53. The third-order valence-corrected chi connectivity index (χ3v) is 5.44. The van der Waals surface area contributed by atoms with Gasteiger partial charge in [-0.15, -0.1) is 0 Å². The van der Waals surface area contributed by atoms with Crippen LogP contribution in [0.4, 0.5) is 4.39 Å². The second kappa shape index (κ2) is 6.64. The molecule has 1 aliphatic heterocycles. The Morgan fingerprint density at radius 3 is 2.54 bits per heavy atom. The first-order valence-corrected chi connectivity index (χ1v) is 8.43. The van der Waals surface area contributed by atoms with Crippen LogP contribution in [0.2, 0.25) is 0 Å². The SMILES string of the molecule is CCN1C=CC2=C(C#N)C(N)C(C#N)(C#N)C(c3ccccc3F)C2C1. The molecule has 0 radical (unpaired) electrons. The Morgan fingerprint density at radius 2 is 1.96 bits per heavy atom. The van der Waals surface area contributed by atoms with Crippen molar-refractivity contribution >= 4 is 0 Å². The molecule has 0 fully saturated rings. The van der Waals surface area contributed by atoms with Gasteiger partial charge in [0.2, 0.25) is 0 Å². The number of fused-ring (bicyclic) bond motifs is 1. The predicted octanol–water partition coefficient (Wildman–Crippen LogP) is 2.57. The van der Waals surface area contributed by atoms with Crippen LogP contribution < -0.4 is 5.73 Å². The maximum atomic E-state index is 14.7. The summed E-state index contributed by atoms with van der Waals surface area (Å²) in [6.07, 6.45) is 3.68. The van der Waals surface area contributed by atoms with Crippen molar-refractivity contribution in [1.82, 2.24) is 4.90 Å². The van der Waals surface area contributed by atoms with Crippen LogP contribution >= 0.6 is 0 Å². The Morgan fingerprint density at radius 1 is 1.27 bits per heavy atom. The van der Waals surface area contributed by atoms with Gasteiger partial charge in [0.05, 0.1) is 29.8 Å². The number of benzene rings is 1. The van der Waals surface area contributed by atoms with Gasteiger partial charge >= 0.3 is 0 Å². The van der Waals surface area contributed by atoms with Crippen molar-refractivity contribution in [2.45, 2.75) is 18.9 Å². The van der Waals surface area contributed by atoms with Gasteiger partial charge in [0.1, 0.15) is 5.82 Å². The average molecular weight is 347 g/mol. The molecule has 0 spiro atoms. The van der Waals surface area contributed by atoms with E-state index in [-0.39, 0.29) is 17.1 Å². The predicted molar refractivity (Wildman–Crippen MR) is 93.3 cm³/mol. The monoisotopic (exact) mass is 347 g/mol. The minimum Gasteiger partial charge on any atom is -0.377 e. The van der Waals surface area contributed by atoms with Crippen LogP contribution in [-0.2, 0) is 0 Å². The summed E-state index contributed by atoms with van der Waals surface area (Å²) in [7, 11) is 0. The Kier molecular flexibility index (Phi) is 4.51. The fourth-order valence-electron chi connectivity index (χ4n) is 4.07. The normalized spacial score (nSPS) is 26.5. The molecule has 3 unspecified atom stereocenters. The molecule has 0 amide bonds. The van der Waals surface area contributed by atoms with E-state index in [2.05, 4.69) is 6.07 Å². The van der Waals surface area contributed by atoms with Gasteiger partial charge in [0, 0.05) is 24.9 Å². The molecular formula is C20H18FN5. The van der Waals surface area contributed by atoms with E-state index in [1.807, 2.05) is 36.2 Å². The number of nitrogens with zero attached hydrogens (tertiary/aromatic N) is 4. The second-order valence-electron chi connectivity index (χ2n) is 6.56. The lowest BCUT2D eigenvalue weighted by Gasteiger charge is -2.47. The summed E-state index contributed by atoms with van der Waals surface area (Å²) in [5.41, 5.74) is 5.75. The molecule has 3 rings (SSSR count). The maximum absolute atomic E-state index is 14.7. The standard InChI is InChI=1S/C20H18FN5/c1-2-26-8-7-13-15(9-22)19(25)20(11-23,12-24)18(16(13)10-26)14-5-3-4-6-17(14)21/h3-8,16,18-19H,2,10,25H2,1H3. The summed E-state index contributed by atoms with van der Waals surface area (Å²) in [5.74, 6) is -1.61. The zero-order valence-electron chi connectivity index (χ0n) is 14.4. The zero-order valence-corrected chi connectivity index (χ0v) is 14.4. The minimum absolute atomic E-state index is 0.234. The van der Waals surface area contributed by atoms with E-state index in [1.54, 1.807) is 18.2 Å². The number of hydrogen-bond acceptors (Lipinski definition) is 5. The average Bonchev–Trinajstić information content (AvgIpc) is 2.67. The van der Waals surface area contributed by atoms with Gasteiger partial charge in [0.15, 0.2) is 5.41 Å². The fraction of sp³-hybridized carbons (Fsp3) is 0.350. The number of hydrogen-bond donors (Lipinski definition) is 1. The summed E-state index contributed by atoms with van der Waals surface area (Å²) in [6, 6.07) is 11.2. The van der Waals surface area contributed by atoms with E-state index >= 15 is 0 Å². The highest BCUT2D eigenvalue weighted by molar-refractivity contribution is 5.53. The van der Waals surface area contributed by atoms with E-state index in [1.165, 1.54) is 6.07 Å². The molecule has 0 saturated heterocycles. The van der Waals surface area contributed by atoms with Gasteiger partial charge in [-0.25, -0.2) is 4.39 Å². The van der Waals surface area contributed by atoms with E-state index in [0.29, 0.717) is 12.1 Å². The largest absolute Gasteiger partial charge is 0.377 e. The summed E-state index contributed by atoms with van der Waals surface area (Å²) in [6.45, 7) is 3.20. The fourth-order valence-corrected chi connectivity index (χ4v) is 4.07. The van der Waals surface area contributed by atoms with Gasteiger partial charge in [-0.3, -0.25) is 0 Å². The van der Waals surface area contributed by atoms with Crippen molar-refractivity contribution in [3.63, 3.8) is 0 Å². The number of halogens is 1. The van der Waals surface area contributed by atoms with Crippen molar-refractivity contribution in [1.29, 1.82) is 15.8 Å². The molecule has 130 valence electrons. The van der Waals surface area contributed by atoms with Crippen LogP contribution in [-0.4, -0.2) is 24.0 Å². The first kappa shape index (κ1) is 17.7. The van der Waals surface area contributed by atoms with Crippen LogP contribution in [0.25, 0.3) is 0 Å². The molecule has 1 aliphatic carbocycles. The van der Waals surface area contributed by atoms with Crippen LogP contribution in [0.1, 0.15) is 18.4 Å². The van der Waals surface area contributed by atoms with E-state index < -0.39 is 23.2 Å². The highest BCUT2D eigenvalue weighted by atomic mass is 19.1. The first-order valence-electron chi connectivity index (χ1n) is 8.43. The zero-order chi connectivity index (χ0) is 18.9. The van der Waals surface area contributed by atoms with E-state index in [4.69, 9.17) is 5.73 Å². The molecule has 26 heavy (non-hydrogen) atoms. The van der Waals surface area contributed by atoms with Crippen molar-refractivity contribution in [2.24, 2.45) is 17.1 Å².